The molecular formula is C30H29FN2O2. The van der Waals surface area contributed by atoms with Crippen molar-refractivity contribution >= 4 is 22.4 Å². The Hall–Kier alpha value is -3.70. The third-order valence-electron chi connectivity index (χ3n) is 6.90. The molecule has 1 heterocycles. The molecule has 0 aromatic heterocycles. The van der Waals surface area contributed by atoms with E-state index in [0.29, 0.717) is 17.2 Å². The predicted octanol–water partition coefficient (Wildman–Crippen LogP) is 6.20. The van der Waals surface area contributed by atoms with E-state index in [2.05, 4.69) is 59.6 Å². The molecule has 1 aliphatic rings. The number of benzene rings is 4. The molecule has 4 aromatic rings. The van der Waals surface area contributed by atoms with E-state index in [1.54, 1.807) is 6.07 Å². The van der Waals surface area contributed by atoms with E-state index in [1.807, 2.05) is 24.3 Å². The molecule has 178 valence electrons. The number of carbonyl (C=O) groups is 1. The molecule has 2 N–H and O–H groups in total. The molecule has 5 heteroatoms. The Balaban J connectivity index is 1.33. The minimum absolute atomic E-state index is 0.104. The van der Waals surface area contributed by atoms with Crippen LogP contribution in [0.2, 0.25) is 0 Å². The van der Waals surface area contributed by atoms with Gasteiger partial charge in [0.2, 0.25) is 0 Å². The number of aliphatic carboxylic acids is 1. The van der Waals surface area contributed by atoms with Crippen LogP contribution in [-0.2, 0) is 11.2 Å². The van der Waals surface area contributed by atoms with Crippen LogP contribution in [0.3, 0.4) is 0 Å². The molecule has 1 aliphatic heterocycles. The highest BCUT2D eigenvalue weighted by atomic mass is 19.1. The number of hydrogen-bond acceptors (Lipinski definition) is 3. The van der Waals surface area contributed by atoms with Crippen molar-refractivity contribution in [3.05, 3.63) is 102 Å². The molecule has 0 saturated carbocycles. The number of rotatable bonds is 7. The Morgan fingerprint density at radius 1 is 1.06 bits per heavy atom. The second-order valence-electron chi connectivity index (χ2n) is 9.31. The van der Waals surface area contributed by atoms with Gasteiger partial charge in [-0.1, -0.05) is 60.7 Å². The topological polar surface area (TPSA) is 52.6 Å². The van der Waals surface area contributed by atoms with Gasteiger partial charge in [0.25, 0.3) is 0 Å². The first-order valence-electron chi connectivity index (χ1n) is 12.1. The van der Waals surface area contributed by atoms with E-state index in [1.165, 1.54) is 28.5 Å². The van der Waals surface area contributed by atoms with Crippen molar-refractivity contribution < 1.29 is 14.3 Å². The van der Waals surface area contributed by atoms with Gasteiger partial charge in [-0.2, -0.15) is 0 Å². The van der Waals surface area contributed by atoms with Crippen molar-refractivity contribution in [3.63, 3.8) is 0 Å². The van der Waals surface area contributed by atoms with Gasteiger partial charge < -0.3 is 15.3 Å². The fourth-order valence-electron chi connectivity index (χ4n) is 5.23. The van der Waals surface area contributed by atoms with Crippen molar-refractivity contribution in [1.29, 1.82) is 0 Å². The van der Waals surface area contributed by atoms with E-state index in [-0.39, 0.29) is 18.3 Å². The quantitative estimate of drug-likeness (QED) is 0.339. The molecule has 0 spiro atoms. The summed E-state index contributed by atoms with van der Waals surface area (Å²) in [5.74, 6) is -1.23. The maximum absolute atomic E-state index is 13.8. The molecular weight excluding hydrogens is 439 g/mol. The van der Waals surface area contributed by atoms with Crippen molar-refractivity contribution in [2.24, 2.45) is 0 Å². The van der Waals surface area contributed by atoms with Crippen LogP contribution in [0, 0.1) is 5.82 Å². The van der Waals surface area contributed by atoms with Gasteiger partial charge in [0, 0.05) is 30.9 Å². The number of hydrogen-bond donors (Lipinski definition) is 2. The molecule has 0 radical (unpaired) electrons. The number of carboxylic acids is 1. The summed E-state index contributed by atoms with van der Waals surface area (Å²) in [6.45, 7) is 3.95. The number of nitrogens with one attached hydrogen (secondary N) is 1. The smallest absolute Gasteiger partial charge is 0.307 e. The molecule has 35 heavy (non-hydrogen) atoms. The van der Waals surface area contributed by atoms with Crippen LogP contribution < -0.4 is 10.2 Å². The van der Waals surface area contributed by atoms with Crippen LogP contribution in [0.4, 0.5) is 10.1 Å². The van der Waals surface area contributed by atoms with Gasteiger partial charge in [-0.3, -0.25) is 4.79 Å². The van der Waals surface area contributed by atoms with Gasteiger partial charge in [0.15, 0.2) is 0 Å². The SMILES string of the molecule is C[C@@H](N[C@H]1CCN(c2ccc(-c3cccc(F)c3)c(CC(=O)O)c2)C1)c1cccc2ccccc12. The number of halogens is 1. The van der Waals surface area contributed by atoms with Crippen LogP contribution in [0.25, 0.3) is 21.9 Å². The van der Waals surface area contributed by atoms with Gasteiger partial charge in [-0.05, 0) is 70.6 Å². The Morgan fingerprint density at radius 2 is 1.86 bits per heavy atom. The minimum Gasteiger partial charge on any atom is -0.481 e. The average molecular weight is 469 g/mol. The zero-order valence-corrected chi connectivity index (χ0v) is 19.7. The molecule has 5 rings (SSSR count). The molecule has 4 nitrogen and oxygen atoms in total. The van der Waals surface area contributed by atoms with E-state index in [4.69, 9.17) is 0 Å². The van der Waals surface area contributed by atoms with Gasteiger partial charge in [-0.25, -0.2) is 4.39 Å². The summed E-state index contributed by atoms with van der Waals surface area (Å²) in [5, 5.41) is 15.8. The molecule has 1 saturated heterocycles. The zero-order valence-electron chi connectivity index (χ0n) is 19.7. The second-order valence-corrected chi connectivity index (χ2v) is 9.31. The fourth-order valence-corrected chi connectivity index (χ4v) is 5.23. The van der Waals surface area contributed by atoms with Gasteiger partial charge in [-0.15, -0.1) is 0 Å². The standard InChI is InChI=1S/C30H29FN2O2/c1-20(27-11-5-7-21-6-2-3-10-29(21)27)32-25-14-15-33(19-25)26-12-13-28(23(17-26)18-30(34)35)22-8-4-9-24(31)16-22/h2-13,16-17,20,25,32H,14-15,18-19H2,1H3,(H,34,35)/t20-,25+/m1/s1. The first kappa shape index (κ1) is 23.1. The number of anilines is 1. The Morgan fingerprint density at radius 3 is 2.69 bits per heavy atom. The number of fused-ring (bicyclic) bond motifs is 1. The summed E-state index contributed by atoms with van der Waals surface area (Å²) < 4.78 is 13.8. The molecule has 0 amide bonds. The lowest BCUT2D eigenvalue weighted by Gasteiger charge is -2.23. The first-order chi connectivity index (χ1) is 17.0. The van der Waals surface area contributed by atoms with Crippen molar-refractivity contribution in [2.45, 2.75) is 31.8 Å². The van der Waals surface area contributed by atoms with Crippen molar-refractivity contribution in [1.82, 2.24) is 5.32 Å². The molecule has 1 fully saturated rings. The second kappa shape index (κ2) is 9.88. The predicted molar refractivity (Wildman–Crippen MR) is 139 cm³/mol. The lowest BCUT2D eigenvalue weighted by Crippen LogP contribution is -2.34. The largest absolute Gasteiger partial charge is 0.481 e. The Bertz CT molecular complexity index is 1360. The summed E-state index contributed by atoms with van der Waals surface area (Å²) in [4.78, 5) is 13.9. The van der Waals surface area contributed by atoms with E-state index in [0.717, 1.165) is 30.8 Å². The van der Waals surface area contributed by atoms with Crippen molar-refractivity contribution in [2.75, 3.05) is 18.0 Å². The average Bonchev–Trinajstić information content (AvgIpc) is 3.31. The maximum Gasteiger partial charge on any atom is 0.307 e. The highest BCUT2D eigenvalue weighted by Gasteiger charge is 2.25. The van der Waals surface area contributed by atoms with Crippen LogP contribution in [-0.4, -0.2) is 30.2 Å². The third kappa shape index (κ3) is 5.05. The van der Waals surface area contributed by atoms with E-state index in [9.17, 15) is 14.3 Å². The minimum atomic E-state index is -0.898. The molecule has 0 bridgehead atoms. The summed E-state index contributed by atoms with van der Waals surface area (Å²) in [6.07, 6.45) is 0.905. The number of carboxylic acid groups (broad SMARTS) is 1. The van der Waals surface area contributed by atoms with Gasteiger partial charge >= 0.3 is 5.97 Å². The molecule has 0 unspecified atom stereocenters. The van der Waals surface area contributed by atoms with E-state index < -0.39 is 5.97 Å². The number of nitrogens with zero attached hydrogens (tertiary/aromatic N) is 1. The highest BCUT2D eigenvalue weighted by molar-refractivity contribution is 5.86. The maximum atomic E-state index is 13.8. The lowest BCUT2D eigenvalue weighted by molar-refractivity contribution is -0.136. The summed E-state index contributed by atoms with van der Waals surface area (Å²) in [5.41, 5.74) is 4.45. The molecule has 0 aliphatic carbocycles. The van der Waals surface area contributed by atoms with Crippen LogP contribution in [0.5, 0.6) is 0 Å². The molecule has 4 aromatic carbocycles. The highest BCUT2D eigenvalue weighted by Crippen LogP contribution is 2.31. The van der Waals surface area contributed by atoms with Crippen LogP contribution in [0.15, 0.2) is 84.9 Å². The van der Waals surface area contributed by atoms with E-state index >= 15 is 0 Å². The molecule has 2 atom stereocenters. The lowest BCUT2D eigenvalue weighted by atomic mass is 9.96. The first-order valence-corrected chi connectivity index (χ1v) is 12.1. The van der Waals surface area contributed by atoms with Gasteiger partial charge in [0.1, 0.15) is 5.82 Å². The van der Waals surface area contributed by atoms with Crippen LogP contribution in [0.1, 0.15) is 30.5 Å². The Labute approximate surface area is 205 Å². The van der Waals surface area contributed by atoms with Crippen molar-refractivity contribution in [3.8, 4) is 11.1 Å². The Kier molecular flexibility index (Phi) is 6.51. The van der Waals surface area contributed by atoms with Gasteiger partial charge in [0.05, 0.1) is 6.42 Å². The summed E-state index contributed by atoms with van der Waals surface area (Å²) >= 11 is 0. The summed E-state index contributed by atoms with van der Waals surface area (Å²) in [7, 11) is 0. The third-order valence-corrected chi connectivity index (χ3v) is 6.90. The normalized spacial score (nSPS) is 16.5. The zero-order chi connectivity index (χ0) is 24.4. The van der Waals surface area contributed by atoms with Crippen LogP contribution >= 0.6 is 0 Å². The fraction of sp³-hybridized carbons (Fsp3) is 0.233. The summed E-state index contributed by atoms with van der Waals surface area (Å²) in [6, 6.07) is 27.6. The monoisotopic (exact) mass is 468 g/mol.